The van der Waals surface area contributed by atoms with Gasteiger partial charge in [-0.25, -0.2) is 4.98 Å². The van der Waals surface area contributed by atoms with Crippen LogP contribution in [0.5, 0.6) is 0 Å². The number of hydrogen-bond donors (Lipinski definition) is 2. The van der Waals surface area contributed by atoms with Crippen molar-refractivity contribution in [3.05, 3.63) is 89.2 Å². The first-order chi connectivity index (χ1) is 16.0. The monoisotopic (exact) mass is 461 g/mol. The maximum absolute atomic E-state index is 12.6. The van der Waals surface area contributed by atoms with Gasteiger partial charge in [0, 0.05) is 16.1 Å². The van der Waals surface area contributed by atoms with Crippen LogP contribution in [-0.2, 0) is 6.54 Å². The molecule has 2 aromatic heterocycles. The molecule has 2 aromatic carbocycles. The highest BCUT2D eigenvalue weighted by Crippen LogP contribution is 2.25. The summed E-state index contributed by atoms with van der Waals surface area (Å²) in [4.78, 5) is 30.6. The average molecular weight is 462 g/mol. The van der Waals surface area contributed by atoms with Crippen molar-refractivity contribution in [2.75, 3.05) is 11.6 Å². The van der Waals surface area contributed by atoms with Crippen molar-refractivity contribution >= 4 is 29.3 Å². The fraction of sp³-hybridized carbons (Fsp3) is 0.160. The van der Waals surface area contributed by atoms with Gasteiger partial charge in [0.2, 0.25) is 5.89 Å². The van der Waals surface area contributed by atoms with Gasteiger partial charge in [-0.05, 0) is 56.5 Å². The quantitative estimate of drug-likeness (QED) is 0.355. The highest BCUT2D eigenvalue weighted by Gasteiger charge is 2.16. The summed E-state index contributed by atoms with van der Waals surface area (Å²) in [5.74, 6) is 1.17. The van der Waals surface area contributed by atoms with Crippen LogP contribution in [0.4, 0.5) is 5.69 Å². The minimum atomic E-state index is -0.254. The van der Waals surface area contributed by atoms with Crippen LogP contribution in [-0.4, -0.2) is 23.1 Å². The van der Waals surface area contributed by atoms with E-state index < -0.39 is 0 Å². The zero-order valence-corrected chi connectivity index (χ0v) is 19.3. The number of carbonyl (C=O) groups excluding carboxylic acids is 2. The van der Waals surface area contributed by atoms with Crippen molar-refractivity contribution in [2.45, 2.75) is 25.3 Å². The zero-order chi connectivity index (χ0) is 23.4. The smallest absolute Gasteiger partial charge is 0.259 e. The number of aryl methyl sites for hydroxylation is 2. The van der Waals surface area contributed by atoms with Crippen LogP contribution in [0.3, 0.4) is 0 Å². The van der Waals surface area contributed by atoms with Crippen LogP contribution in [0.1, 0.15) is 37.9 Å². The third-order valence-corrected chi connectivity index (χ3v) is 5.93. The molecule has 0 fully saturated rings. The third kappa shape index (κ3) is 5.01. The van der Waals surface area contributed by atoms with E-state index in [2.05, 4.69) is 15.6 Å². The largest absolute Gasteiger partial charge is 0.469 e. The molecule has 0 bridgehead atoms. The standard InChI is InChI=1S/C25H23N3O4S/c1-15-19(11-12-31-15)24(30)27-18-8-6-7-17(13-18)25-28-21(16(2)32-25)14-26-23(29)20-9-4-5-10-22(20)33-3/h4-13H,14H2,1-3H3,(H,26,29)(H,27,30). The molecule has 2 amide bonds. The summed E-state index contributed by atoms with van der Waals surface area (Å²) in [6.45, 7) is 3.79. The van der Waals surface area contributed by atoms with Crippen LogP contribution in [0.25, 0.3) is 11.5 Å². The summed E-state index contributed by atoms with van der Waals surface area (Å²) in [7, 11) is 0. The van der Waals surface area contributed by atoms with Crippen molar-refractivity contribution in [3.63, 3.8) is 0 Å². The number of rotatable bonds is 7. The molecule has 2 heterocycles. The maximum atomic E-state index is 12.6. The van der Waals surface area contributed by atoms with Gasteiger partial charge in [-0.15, -0.1) is 11.8 Å². The van der Waals surface area contributed by atoms with E-state index in [-0.39, 0.29) is 18.4 Å². The van der Waals surface area contributed by atoms with Crippen molar-refractivity contribution in [1.29, 1.82) is 0 Å². The summed E-state index contributed by atoms with van der Waals surface area (Å²) in [6.07, 6.45) is 3.42. The summed E-state index contributed by atoms with van der Waals surface area (Å²) < 4.78 is 11.0. The second-order valence-electron chi connectivity index (χ2n) is 7.33. The van der Waals surface area contributed by atoms with Gasteiger partial charge < -0.3 is 19.5 Å². The molecule has 0 radical (unpaired) electrons. The lowest BCUT2D eigenvalue weighted by molar-refractivity contribution is 0.0946. The van der Waals surface area contributed by atoms with E-state index in [1.54, 1.807) is 38.1 Å². The molecular weight excluding hydrogens is 438 g/mol. The molecule has 168 valence electrons. The Balaban J connectivity index is 1.47. The summed E-state index contributed by atoms with van der Waals surface area (Å²) in [5.41, 5.74) is 3.07. The van der Waals surface area contributed by atoms with E-state index in [1.165, 1.54) is 18.0 Å². The maximum Gasteiger partial charge on any atom is 0.259 e. The molecule has 0 unspecified atom stereocenters. The molecule has 0 saturated carbocycles. The average Bonchev–Trinajstić information content (AvgIpc) is 3.42. The highest BCUT2D eigenvalue weighted by atomic mass is 32.2. The Kier molecular flexibility index (Phi) is 6.65. The van der Waals surface area contributed by atoms with Crippen LogP contribution in [0.15, 0.2) is 74.6 Å². The number of benzene rings is 2. The number of hydrogen-bond acceptors (Lipinski definition) is 6. The van der Waals surface area contributed by atoms with Crippen LogP contribution < -0.4 is 10.6 Å². The first kappa shape index (κ1) is 22.4. The van der Waals surface area contributed by atoms with E-state index in [4.69, 9.17) is 8.83 Å². The van der Waals surface area contributed by atoms with Crippen molar-refractivity contribution in [3.8, 4) is 11.5 Å². The molecule has 4 rings (SSSR count). The summed E-state index contributed by atoms with van der Waals surface area (Å²) in [6, 6.07) is 16.3. The Morgan fingerprint density at radius 1 is 0.970 bits per heavy atom. The Morgan fingerprint density at radius 2 is 1.79 bits per heavy atom. The molecule has 0 atom stereocenters. The van der Waals surface area contributed by atoms with E-state index in [0.29, 0.717) is 45.5 Å². The van der Waals surface area contributed by atoms with Gasteiger partial charge in [0.05, 0.1) is 23.9 Å². The predicted octanol–water partition coefficient (Wildman–Crippen LogP) is 5.46. The normalized spacial score (nSPS) is 10.8. The van der Waals surface area contributed by atoms with Gasteiger partial charge in [0.1, 0.15) is 17.2 Å². The second kappa shape index (κ2) is 9.79. The van der Waals surface area contributed by atoms with Crippen LogP contribution in [0.2, 0.25) is 0 Å². The number of oxazole rings is 1. The molecule has 0 saturated heterocycles. The lowest BCUT2D eigenvalue weighted by Crippen LogP contribution is -2.23. The first-order valence-corrected chi connectivity index (χ1v) is 11.5. The molecule has 0 spiro atoms. The molecule has 0 aliphatic heterocycles. The first-order valence-electron chi connectivity index (χ1n) is 10.3. The summed E-state index contributed by atoms with van der Waals surface area (Å²) >= 11 is 1.53. The lowest BCUT2D eigenvalue weighted by Gasteiger charge is -2.07. The molecule has 8 heteroatoms. The minimum Gasteiger partial charge on any atom is -0.469 e. The fourth-order valence-corrected chi connectivity index (χ4v) is 3.95. The van der Waals surface area contributed by atoms with Gasteiger partial charge in [0.15, 0.2) is 0 Å². The van der Waals surface area contributed by atoms with E-state index in [1.807, 2.05) is 36.6 Å². The molecule has 0 aliphatic rings. The van der Waals surface area contributed by atoms with Gasteiger partial charge >= 0.3 is 0 Å². The number of nitrogens with one attached hydrogen (secondary N) is 2. The van der Waals surface area contributed by atoms with Gasteiger partial charge in [-0.3, -0.25) is 9.59 Å². The Morgan fingerprint density at radius 3 is 2.55 bits per heavy atom. The number of aromatic nitrogens is 1. The number of anilines is 1. The molecule has 4 aromatic rings. The Hall–Kier alpha value is -3.78. The highest BCUT2D eigenvalue weighted by molar-refractivity contribution is 7.98. The van der Waals surface area contributed by atoms with Crippen molar-refractivity contribution < 1.29 is 18.4 Å². The number of thioether (sulfide) groups is 1. The Bertz CT molecular complexity index is 1310. The SMILES string of the molecule is CSc1ccccc1C(=O)NCc1nc(-c2cccc(NC(=O)c3ccoc3C)c2)oc1C. The van der Waals surface area contributed by atoms with E-state index in [9.17, 15) is 9.59 Å². The van der Waals surface area contributed by atoms with Gasteiger partial charge in [-0.2, -0.15) is 0 Å². The van der Waals surface area contributed by atoms with E-state index >= 15 is 0 Å². The molecule has 7 nitrogen and oxygen atoms in total. The topological polar surface area (TPSA) is 97.4 Å². The second-order valence-corrected chi connectivity index (χ2v) is 8.18. The molecule has 33 heavy (non-hydrogen) atoms. The molecular formula is C25H23N3O4S. The van der Waals surface area contributed by atoms with Gasteiger partial charge in [0.25, 0.3) is 11.8 Å². The number of furan rings is 1. The number of carbonyl (C=O) groups is 2. The fourth-order valence-electron chi connectivity index (χ4n) is 3.36. The van der Waals surface area contributed by atoms with Crippen molar-refractivity contribution in [1.82, 2.24) is 10.3 Å². The summed E-state index contributed by atoms with van der Waals surface area (Å²) in [5, 5.41) is 5.77. The molecule has 2 N–H and O–H groups in total. The predicted molar refractivity (Wildman–Crippen MR) is 127 cm³/mol. The number of amides is 2. The Labute approximate surface area is 195 Å². The third-order valence-electron chi connectivity index (χ3n) is 5.13. The lowest BCUT2D eigenvalue weighted by atomic mass is 10.2. The van der Waals surface area contributed by atoms with Crippen molar-refractivity contribution in [2.24, 2.45) is 0 Å². The zero-order valence-electron chi connectivity index (χ0n) is 18.5. The van der Waals surface area contributed by atoms with Crippen LogP contribution in [0, 0.1) is 13.8 Å². The molecule has 0 aliphatic carbocycles. The van der Waals surface area contributed by atoms with Gasteiger partial charge in [-0.1, -0.05) is 18.2 Å². The van der Waals surface area contributed by atoms with E-state index in [0.717, 1.165) is 4.90 Å². The van der Waals surface area contributed by atoms with Crippen LogP contribution >= 0.6 is 11.8 Å². The number of nitrogens with zero attached hydrogens (tertiary/aromatic N) is 1. The minimum absolute atomic E-state index is 0.164.